The van der Waals surface area contributed by atoms with Gasteiger partial charge in [0.05, 0.1) is 24.1 Å². The number of nitrogens with zero attached hydrogens (tertiary/aromatic N) is 3. The molecule has 1 aliphatic rings. The van der Waals surface area contributed by atoms with Crippen LogP contribution in [-0.4, -0.2) is 36.6 Å². The van der Waals surface area contributed by atoms with Crippen molar-refractivity contribution in [3.05, 3.63) is 70.9 Å². The predicted molar refractivity (Wildman–Crippen MR) is 119 cm³/mol. The maximum Gasteiger partial charge on any atom is 0.387 e. The number of benzene rings is 2. The number of rotatable bonds is 7. The summed E-state index contributed by atoms with van der Waals surface area (Å²) in [5, 5.41) is 9.14. The molecule has 0 spiro atoms. The van der Waals surface area contributed by atoms with E-state index in [1.54, 1.807) is 41.1 Å². The lowest BCUT2D eigenvalue weighted by Crippen LogP contribution is -2.25. The number of halogens is 2. The van der Waals surface area contributed by atoms with Crippen molar-refractivity contribution < 1.29 is 23.0 Å². The molecule has 0 unspecified atom stereocenters. The molecule has 7 nitrogen and oxygen atoms in total. The maximum atomic E-state index is 12.7. The molecule has 0 aliphatic carbocycles. The molecule has 1 amide bonds. The Morgan fingerprint density at radius 3 is 2.97 bits per heavy atom. The van der Waals surface area contributed by atoms with Gasteiger partial charge in [0.25, 0.3) is 5.91 Å². The van der Waals surface area contributed by atoms with E-state index in [0.29, 0.717) is 34.0 Å². The average molecular weight is 456 g/mol. The minimum absolute atomic E-state index is 0.0156. The molecular weight excluding hydrogens is 438 g/mol. The third-order valence-electron chi connectivity index (χ3n) is 4.40. The second-order valence-electron chi connectivity index (χ2n) is 6.55. The van der Waals surface area contributed by atoms with Crippen molar-refractivity contribution in [1.82, 2.24) is 4.68 Å². The van der Waals surface area contributed by atoms with Gasteiger partial charge < -0.3 is 14.8 Å². The summed E-state index contributed by atoms with van der Waals surface area (Å²) in [6.07, 6.45) is 3.09. The number of hydrogen-bond donors (Lipinski definition) is 1. The van der Waals surface area contributed by atoms with Gasteiger partial charge in [-0.3, -0.25) is 9.79 Å². The fourth-order valence-corrected chi connectivity index (χ4v) is 3.86. The largest absolute Gasteiger partial charge is 0.482 e. The highest BCUT2D eigenvalue weighted by Crippen LogP contribution is 2.33. The maximum absolute atomic E-state index is 12.7. The van der Waals surface area contributed by atoms with Crippen LogP contribution in [0.2, 0.25) is 0 Å². The molecular formula is C22H18F2N4O3S. The van der Waals surface area contributed by atoms with Gasteiger partial charge in [0.15, 0.2) is 6.61 Å². The number of nitrogens with one attached hydrogen (secondary N) is 1. The molecule has 10 heteroatoms. The van der Waals surface area contributed by atoms with E-state index in [1.165, 1.54) is 23.6 Å². The fraction of sp³-hybridized carbons (Fsp3) is 0.136. The van der Waals surface area contributed by atoms with Crippen LogP contribution >= 0.6 is 11.3 Å². The standard InChI is InChI=1S/C22H18F2N4O3S/c1-2-9-25-22-28(26-11-15-5-3-4-6-18(15)31-21(23)24)17(13-32-22)14-7-8-19-16(10-14)27-20(29)12-30-19/h2-8,10-11,13,21H,1,9,12H2,(H,27,29)/b25-22?,26-11+. The first-order valence-electron chi connectivity index (χ1n) is 9.52. The molecule has 0 fully saturated rings. The van der Waals surface area contributed by atoms with Crippen molar-refractivity contribution in [1.29, 1.82) is 0 Å². The number of alkyl halides is 2. The predicted octanol–water partition coefficient (Wildman–Crippen LogP) is 4.12. The Hall–Kier alpha value is -3.79. The summed E-state index contributed by atoms with van der Waals surface area (Å²) < 4.78 is 37.1. The Balaban J connectivity index is 1.77. The number of ether oxygens (including phenoxy) is 2. The smallest absolute Gasteiger partial charge is 0.387 e. The molecule has 0 saturated heterocycles. The zero-order chi connectivity index (χ0) is 22.5. The number of para-hydroxylation sites is 1. The molecule has 4 rings (SSSR count). The first-order chi connectivity index (χ1) is 15.5. The van der Waals surface area contributed by atoms with Crippen LogP contribution < -0.4 is 19.6 Å². The molecule has 0 bridgehead atoms. The molecule has 0 atom stereocenters. The minimum atomic E-state index is -2.94. The van der Waals surface area contributed by atoms with Crippen molar-refractivity contribution in [3.63, 3.8) is 0 Å². The average Bonchev–Trinajstić information content (AvgIpc) is 3.18. The van der Waals surface area contributed by atoms with Crippen LogP contribution in [0.1, 0.15) is 5.56 Å². The zero-order valence-corrected chi connectivity index (χ0v) is 17.5. The lowest BCUT2D eigenvalue weighted by Gasteiger charge is -2.18. The van der Waals surface area contributed by atoms with Crippen LogP contribution in [0.4, 0.5) is 14.5 Å². The van der Waals surface area contributed by atoms with Crippen molar-refractivity contribution in [2.24, 2.45) is 10.1 Å². The number of thiazole rings is 1. The summed E-state index contributed by atoms with van der Waals surface area (Å²) in [6.45, 7) is 1.09. The number of amides is 1. The summed E-state index contributed by atoms with van der Waals surface area (Å²) in [5.74, 6) is 0.360. The van der Waals surface area contributed by atoms with Crippen LogP contribution in [-0.2, 0) is 4.79 Å². The van der Waals surface area contributed by atoms with Crippen LogP contribution in [0.15, 0.2) is 70.6 Å². The first-order valence-corrected chi connectivity index (χ1v) is 10.4. The summed E-state index contributed by atoms with van der Waals surface area (Å²) in [5.41, 5.74) is 2.41. The molecule has 32 heavy (non-hydrogen) atoms. The van der Waals surface area contributed by atoms with E-state index >= 15 is 0 Å². The van der Waals surface area contributed by atoms with Gasteiger partial charge in [-0.25, -0.2) is 4.68 Å². The molecule has 2 aromatic carbocycles. The highest BCUT2D eigenvalue weighted by Gasteiger charge is 2.18. The van der Waals surface area contributed by atoms with E-state index in [1.807, 2.05) is 11.4 Å². The van der Waals surface area contributed by atoms with E-state index in [4.69, 9.17) is 4.74 Å². The third kappa shape index (κ3) is 4.75. The van der Waals surface area contributed by atoms with Gasteiger partial charge in [-0.05, 0) is 30.3 Å². The van der Waals surface area contributed by atoms with E-state index in [9.17, 15) is 13.6 Å². The lowest BCUT2D eigenvalue weighted by molar-refractivity contribution is -0.118. The molecule has 0 saturated carbocycles. The van der Waals surface area contributed by atoms with Gasteiger partial charge in [-0.15, -0.1) is 17.9 Å². The van der Waals surface area contributed by atoms with Crippen LogP contribution in [0.3, 0.4) is 0 Å². The highest BCUT2D eigenvalue weighted by molar-refractivity contribution is 7.07. The van der Waals surface area contributed by atoms with Gasteiger partial charge in [0.2, 0.25) is 4.80 Å². The SMILES string of the molecule is C=CCN=c1scc(-c2ccc3c(c2)NC(=O)CO3)n1/N=C/c1ccccc1OC(F)F. The molecule has 164 valence electrons. The highest BCUT2D eigenvalue weighted by atomic mass is 32.1. The molecule has 1 N–H and O–H groups in total. The quantitative estimate of drug-likeness (QED) is 0.429. The molecule has 3 aromatic rings. The van der Waals surface area contributed by atoms with E-state index in [-0.39, 0.29) is 18.3 Å². The Kier molecular flexibility index (Phi) is 6.41. The summed E-state index contributed by atoms with van der Waals surface area (Å²) in [4.78, 5) is 16.7. The summed E-state index contributed by atoms with van der Waals surface area (Å²) in [7, 11) is 0. The zero-order valence-electron chi connectivity index (χ0n) is 16.7. The Morgan fingerprint density at radius 1 is 1.31 bits per heavy atom. The Morgan fingerprint density at radius 2 is 2.16 bits per heavy atom. The molecule has 1 aromatic heterocycles. The number of carbonyl (C=O) groups is 1. The van der Waals surface area contributed by atoms with E-state index in [0.717, 1.165) is 5.56 Å². The lowest BCUT2D eigenvalue weighted by atomic mass is 10.1. The monoisotopic (exact) mass is 456 g/mol. The van der Waals surface area contributed by atoms with Crippen molar-refractivity contribution in [3.8, 4) is 22.8 Å². The Labute approximate surface area is 186 Å². The van der Waals surface area contributed by atoms with Gasteiger partial charge in [-0.1, -0.05) is 18.2 Å². The topological polar surface area (TPSA) is 77.2 Å². The van der Waals surface area contributed by atoms with Gasteiger partial charge in [0.1, 0.15) is 11.5 Å². The van der Waals surface area contributed by atoms with Crippen molar-refractivity contribution in [2.45, 2.75) is 6.61 Å². The van der Waals surface area contributed by atoms with Crippen LogP contribution in [0.5, 0.6) is 11.5 Å². The van der Waals surface area contributed by atoms with Crippen molar-refractivity contribution >= 4 is 29.1 Å². The number of hydrogen-bond acceptors (Lipinski definition) is 6. The number of fused-ring (bicyclic) bond motifs is 1. The second kappa shape index (κ2) is 9.56. The fourth-order valence-electron chi connectivity index (χ4n) is 3.01. The number of aromatic nitrogens is 1. The van der Waals surface area contributed by atoms with Gasteiger partial charge >= 0.3 is 6.61 Å². The molecule has 2 heterocycles. The van der Waals surface area contributed by atoms with Crippen LogP contribution in [0.25, 0.3) is 11.3 Å². The molecule has 0 radical (unpaired) electrons. The normalized spacial score (nSPS) is 13.7. The molecule has 1 aliphatic heterocycles. The first kappa shape index (κ1) is 21.4. The van der Waals surface area contributed by atoms with Gasteiger partial charge in [0, 0.05) is 16.5 Å². The summed E-state index contributed by atoms with van der Waals surface area (Å²) >= 11 is 1.36. The Bertz CT molecular complexity index is 1250. The number of anilines is 1. The summed E-state index contributed by atoms with van der Waals surface area (Å²) in [6, 6.07) is 11.8. The van der Waals surface area contributed by atoms with Gasteiger partial charge in [-0.2, -0.15) is 13.9 Å². The number of carbonyl (C=O) groups excluding carboxylic acids is 1. The van der Waals surface area contributed by atoms with Crippen LogP contribution in [0, 0.1) is 0 Å². The van der Waals surface area contributed by atoms with E-state index in [2.05, 4.69) is 26.7 Å². The van der Waals surface area contributed by atoms with Crippen molar-refractivity contribution in [2.75, 3.05) is 18.5 Å². The third-order valence-corrected chi connectivity index (χ3v) is 5.25. The van der Waals surface area contributed by atoms with E-state index < -0.39 is 6.61 Å². The minimum Gasteiger partial charge on any atom is -0.482 e. The second-order valence-corrected chi connectivity index (χ2v) is 7.39.